The molecule has 1 fully saturated rings. The Morgan fingerprint density at radius 1 is 0.926 bits per heavy atom. The maximum absolute atomic E-state index is 13.3. The standard InChI is InChI=1S/C20H22F2N2O3/c1-26-18-6-4-15(12-19(18)27-2)20(25)24-9-7-23(8-10-24)13-14-3-5-16(21)17(22)11-14/h3-6,11-12H,7-10,13H2,1-2H3. The van der Waals surface area contributed by atoms with Crippen molar-refractivity contribution in [1.29, 1.82) is 0 Å². The summed E-state index contributed by atoms with van der Waals surface area (Å²) in [6.45, 7) is 2.99. The Balaban J connectivity index is 1.60. The Morgan fingerprint density at radius 2 is 1.63 bits per heavy atom. The molecule has 3 rings (SSSR count). The van der Waals surface area contributed by atoms with Gasteiger partial charge in [-0.05, 0) is 35.9 Å². The minimum Gasteiger partial charge on any atom is -0.493 e. The number of piperazine rings is 1. The number of methoxy groups -OCH3 is 2. The number of halogens is 2. The molecule has 5 nitrogen and oxygen atoms in total. The van der Waals surface area contributed by atoms with E-state index in [4.69, 9.17) is 9.47 Å². The summed E-state index contributed by atoms with van der Waals surface area (Å²) in [5.41, 5.74) is 1.26. The number of hydrogen-bond donors (Lipinski definition) is 0. The van der Waals surface area contributed by atoms with Gasteiger partial charge in [-0.1, -0.05) is 6.07 Å². The van der Waals surface area contributed by atoms with Gasteiger partial charge in [0.2, 0.25) is 0 Å². The smallest absolute Gasteiger partial charge is 0.254 e. The molecule has 0 spiro atoms. The zero-order chi connectivity index (χ0) is 19.4. The molecule has 1 aliphatic heterocycles. The van der Waals surface area contributed by atoms with Crippen LogP contribution in [-0.2, 0) is 6.54 Å². The fourth-order valence-corrected chi connectivity index (χ4v) is 3.16. The van der Waals surface area contributed by atoms with Crippen LogP contribution in [0.4, 0.5) is 8.78 Å². The van der Waals surface area contributed by atoms with Gasteiger partial charge in [0.15, 0.2) is 23.1 Å². The van der Waals surface area contributed by atoms with Crippen LogP contribution in [0.25, 0.3) is 0 Å². The zero-order valence-corrected chi connectivity index (χ0v) is 15.4. The van der Waals surface area contributed by atoms with Gasteiger partial charge >= 0.3 is 0 Å². The van der Waals surface area contributed by atoms with E-state index < -0.39 is 11.6 Å². The zero-order valence-electron chi connectivity index (χ0n) is 15.4. The van der Waals surface area contributed by atoms with Gasteiger partial charge < -0.3 is 14.4 Å². The van der Waals surface area contributed by atoms with Crippen LogP contribution in [0.2, 0.25) is 0 Å². The highest BCUT2D eigenvalue weighted by Gasteiger charge is 2.23. The predicted molar refractivity (Wildman–Crippen MR) is 97.1 cm³/mol. The van der Waals surface area contributed by atoms with Gasteiger partial charge in [-0.3, -0.25) is 9.69 Å². The van der Waals surface area contributed by atoms with Crippen LogP contribution in [0.1, 0.15) is 15.9 Å². The fraction of sp³-hybridized carbons (Fsp3) is 0.350. The molecule has 1 heterocycles. The van der Waals surface area contributed by atoms with Crippen molar-refractivity contribution >= 4 is 5.91 Å². The van der Waals surface area contributed by atoms with E-state index in [0.29, 0.717) is 55.3 Å². The second-order valence-corrected chi connectivity index (χ2v) is 6.39. The highest BCUT2D eigenvalue weighted by atomic mass is 19.2. The normalized spacial score (nSPS) is 14.9. The lowest BCUT2D eigenvalue weighted by molar-refractivity contribution is 0.0628. The molecule has 0 bridgehead atoms. The van der Waals surface area contributed by atoms with Crippen molar-refractivity contribution in [2.45, 2.75) is 6.54 Å². The second kappa shape index (κ2) is 8.35. The van der Waals surface area contributed by atoms with E-state index >= 15 is 0 Å². The van der Waals surface area contributed by atoms with E-state index in [1.54, 1.807) is 36.3 Å². The quantitative estimate of drug-likeness (QED) is 0.805. The summed E-state index contributed by atoms with van der Waals surface area (Å²) in [7, 11) is 3.08. The van der Waals surface area contributed by atoms with Crippen LogP contribution in [0.3, 0.4) is 0 Å². The third-order valence-electron chi connectivity index (χ3n) is 4.68. The van der Waals surface area contributed by atoms with Gasteiger partial charge in [0.05, 0.1) is 14.2 Å². The van der Waals surface area contributed by atoms with E-state index in [9.17, 15) is 13.6 Å². The van der Waals surface area contributed by atoms with Gasteiger partial charge in [0.1, 0.15) is 0 Å². The molecule has 1 aliphatic rings. The number of carbonyl (C=O) groups is 1. The lowest BCUT2D eigenvalue weighted by Gasteiger charge is -2.34. The second-order valence-electron chi connectivity index (χ2n) is 6.39. The summed E-state index contributed by atoms with van der Waals surface area (Å²) in [5.74, 6) is -0.659. The Kier molecular flexibility index (Phi) is 5.91. The summed E-state index contributed by atoms with van der Waals surface area (Å²) < 4.78 is 36.8. The first-order chi connectivity index (χ1) is 13.0. The lowest BCUT2D eigenvalue weighted by Crippen LogP contribution is -2.48. The largest absolute Gasteiger partial charge is 0.493 e. The van der Waals surface area contributed by atoms with Crippen molar-refractivity contribution in [3.8, 4) is 11.5 Å². The van der Waals surface area contributed by atoms with Crippen LogP contribution in [0.5, 0.6) is 11.5 Å². The number of benzene rings is 2. The van der Waals surface area contributed by atoms with Crippen LogP contribution < -0.4 is 9.47 Å². The van der Waals surface area contributed by atoms with Crippen LogP contribution in [0, 0.1) is 11.6 Å². The average Bonchev–Trinajstić information content (AvgIpc) is 2.70. The molecule has 0 atom stereocenters. The summed E-state index contributed by atoms with van der Waals surface area (Å²) in [6, 6.07) is 9.05. The molecule has 0 N–H and O–H groups in total. The molecule has 2 aromatic rings. The van der Waals surface area contributed by atoms with Crippen molar-refractivity contribution in [2.75, 3.05) is 40.4 Å². The van der Waals surface area contributed by atoms with Crippen LogP contribution in [-0.4, -0.2) is 56.1 Å². The van der Waals surface area contributed by atoms with E-state index in [1.165, 1.54) is 13.2 Å². The van der Waals surface area contributed by atoms with Crippen molar-refractivity contribution in [2.24, 2.45) is 0 Å². The molecule has 27 heavy (non-hydrogen) atoms. The molecule has 2 aromatic carbocycles. The lowest BCUT2D eigenvalue weighted by atomic mass is 10.1. The minimum absolute atomic E-state index is 0.0663. The number of carbonyl (C=O) groups excluding carboxylic acids is 1. The molecular formula is C20H22F2N2O3. The average molecular weight is 376 g/mol. The molecule has 0 aromatic heterocycles. The Labute approximate surface area is 157 Å². The number of nitrogens with zero attached hydrogens (tertiary/aromatic N) is 2. The van der Waals surface area contributed by atoms with E-state index in [-0.39, 0.29) is 5.91 Å². The van der Waals surface area contributed by atoms with Gasteiger partial charge in [-0.2, -0.15) is 0 Å². The molecule has 1 saturated heterocycles. The number of hydrogen-bond acceptors (Lipinski definition) is 4. The molecule has 0 unspecified atom stereocenters. The van der Waals surface area contributed by atoms with Crippen molar-refractivity contribution in [3.63, 3.8) is 0 Å². The van der Waals surface area contributed by atoms with Crippen molar-refractivity contribution in [1.82, 2.24) is 9.80 Å². The number of ether oxygens (including phenoxy) is 2. The van der Waals surface area contributed by atoms with Crippen molar-refractivity contribution in [3.05, 3.63) is 59.2 Å². The summed E-state index contributed by atoms with van der Waals surface area (Å²) in [5, 5.41) is 0. The van der Waals surface area contributed by atoms with E-state index in [2.05, 4.69) is 4.90 Å². The number of amides is 1. The Hall–Kier alpha value is -2.67. The summed E-state index contributed by atoms with van der Waals surface area (Å²) >= 11 is 0. The van der Waals surface area contributed by atoms with E-state index in [1.807, 2.05) is 0 Å². The van der Waals surface area contributed by atoms with Crippen LogP contribution >= 0.6 is 0 Å². The maximum Gasteiger partial charge on any atom is 0.254 e. The Morgan fingerprint density at radius 3 is 2.26 bits per heavy atom. The molecule has 7 heteroatoms. The summed E-state index contributed by atoms with van der Waals surface area (Å²) in [6.07, 6.45) is 0. The monoisotopic (exact) mass is 376 g/mol. The molecule has 0 saturated carbocycles. The third kappa shape index (κ3) is 4.36. The topological polar surface area (TPSA) is 42.0 Å². The van der Waals surface area contributed by atoms with Gasteiger partial charge in [0, 0.05) is 38.3 Å². The van der Waals surface area contributed by atoms with Gasteiger partial charge in [-0.15, -0.1) is 0 Å². The molecule has 144 valence electrons. The first-order valence-electron chi connectivity index (χ1n) is 8.69. The van der Waals surface area contributed by atoms with Gasteiger partial charge in [-0.25, -0.2) is 8.78 Å². The highest BCUT2D eigenvalue weighted by molar-refractivity contribution is 5.95. The molecule has 1 amide bonds. The minimum atomic E-state index is -0.843. The maximum atomic E-state index is 13.3. The van der Waals surface area contributed by atoms with Crippen molar-refractivity contribution < 1.29 is 23.0 Å². The fourth-order valence-electron chi connectivity index (χ4n) is 3.16. The van der Waals surface area contributed by atoms with Gasteiger partial charge in [0.25, 0.3) is 5.91 Å². The first kappa shape index (κ1) is 19.1. The molecule has 0 aliphatic carbocycles. The van der Waals surface area contributed by atoms with Crippen LogP contribution in [0.15, 0.2) is 36.4 Å². The predicted octanol–water partition coefficient (Wildman–Crippen LogP) is 2.94. The highest BCUT2D eigenvalue weighted by Crippen LogP contribution is 2.28. The molecule has 0 radical (unpaired) electrons. The summed E-state index contributed by atoms with van der Waals surface area (Å²) in [4.78, 5) is 16.6. The van der Waals surface area contributed by atoms with E-state index in [0.717, 1.165) is 6.07 Å². The third-order valence-corrected chi connectivity index (χ3v) is 4.68. The Bertz CT molecular complexity index is 821. The molecular weight excluding hydrogens is 354 g/mol. The first-order valence-corrected chi connectivity index (χ1v) is 8.69. The number of rotatable bonds is 5. The SMILES string of the molecule is COc1ccc(C(=O)N2CCN(Cc3ccc(F)c(F)c3)CC2)cc1OC.